The molecule has 8 heteroatoms. The molecule has 2 atom stereocenters. The molecule has 1 saturated heterocycles. The van der Waals surface area contributed by atoms with Crippen molar-refractivity contribution in [3.63, 3.8) is 0 Å². The molecule has 1 aliphatic heterocycles. The smallest absolute Gasteiger partial charge is 0.449 e. The Balaban J connectivity index is 1.12. The lowest BCUT2D eigenvalue weighted by Crippen LogP contribution is -2.41. The van der Waals surface area contributed by atoms with Crippen LogP contribution in [0.25, 0.3) is 11.1 Å². The van der Waals surface area contributed by atoms with Crippen molar-refractivity contribution < 1.29 is 29.1 Å². The number of fused-ring (bicyclic) bond motifs is 3. The van der Waals surface area contributed by atoms with Crippen LogP contribution < -0.4 is 10.8 Å². The minimum absolute atomic E-state index is 0.0215. The van der Waals surface area contributed by atoms with Gasteiger partial charge in [-0.25, -0.2) is 4.79 Å². The molecule has 0 aromatic heterocycles. The summed E-state index contributed by atoms with van der Waals surface area (Å²) in [5, 5.41) is 24.1. The standard InChI is InChI=1S/C31H36BNO6/c1-30(2)31(3,4)39-32(38-30)21-11-9-10-20(18-21)28(35)27(34)16-17-33-29(36)37-19-26-24-14-7-5-12-22(24)23-13-6-8-15-25(23)26/h5-15,18,26-28,34-35H,16-17,19H2,1-4H3,(H,33,36). The van der Waals surface area contributed by atoms with Crippen molar-refractivity contribution in [1.29, 1.82) is 0 Å². The van der Waals surface area contributed by atoms with E-state index in [1.165, 1.54) is 11.1 Å². The molecule has 3 aromatic carbocycles. The molecule has 39 heavy (non-hydrogen) atoms. The minimum Gasteiger partial charge on any atom is -0.449 e. The zero-order chi connectivity index (χ0) is 27.8. The molecule has 0 spiro atoms. The molecule has 2 aliphatic rings. The highest BCUT2D eigenvalue weighted by Crippen LogP contribution is 2.44. The fraction of sp³-hybridized carbons (Fsp3) is 0.387. The predicted molar refractivity (Wildman–Crippen MR) is 151 cm³/mol. The van der Waals surface area contributed by atoms with Gasteiger partial charge in [-0.1, -0.05) is 72.8 Å². The van der Waals surface area contributed by atoms with Crippen molar-refractivity contribution in [1.82, 2.24) is 5.32 Å². The fourth-order valence-electron chi connectivity index (χ4n) is 5.22. The number of carbonyl (C=O) groups is 1. The number of amides is 1. The van der Waals surface area contributed by atoms with E-state index in [4.69, 9.17) is 14.0 Å². The van der Waals surface area contributed by atoms with Gasteiger partial charge in [0.25, 0.3) is 0 Å². The number of hydrogen-bond donors (Lipinski definition) is 3. The molecular formula is C31H36BNO6. The van der Waals surface area contributed by atoms with Crippen LogP contribution in [0.1, 0.15) is 62.8 Å². The summed E-state index contributed by atoms with van der Waals surface area (Å²) in [5.74, 6) is -0.0215. The molecule has 1 fully saturated rings. The second-order valence-corrected chi connectivity index (χ2v) is 11.3. The topological polar surface area (TPSA) is 97.2 Å². The summed E-state index contributed by atoms with van der Waals surface area (Å²) in [6.45, 7) is 8.32. The molecule has 3 N–H and O–H groups in total. The highest BCUT2D eigenvalue weighted by atomic mass is 16.7. The summed E-state index contributed by atoms with van der Waals surface area (Å²) < 4.78 is 17.8. The average Bonchev–Trinajstić information content (AvgIpc) is 3.36. The van der Waals surface area contributed by atoms with Gasteiger partial charge in [0.05, 0.1) is 17.3 Å². The molecular weight excluding hydrogens is 493 g/mol. The summed E-state index contributed by atoms with van der Waals surface area (Å²) in [4.78, 5) is 12.4. The van der Waals surface area contributed by atoms with Crippen LogP contribution in [0, 0.1) is 0 Å². The number of benzene rings is 3. The molecule has 2 unspecified atom stereocenters. The van der Waals surface area contributed by atoms with Crippen molar-refractivity contribution in [2.45, 2.75) is 63.4 Å². The van der Waals surface area contributed by atoms with Crippen LogP contribution in [0.4, 0.5) is 4.79 Å². The maximum absolute atomic E-state index is 12.4. The van der Waals surface area contributed by atoms with Crippen molar-refractivity contribution in [3.05, 3.63) is 89.5 Å². The van der Waals surface area contributed by atoms with Crippen molar-refractivity contribution in [3.8, 4) is 11.1 Å². The number of carbonyl (C=O) groups excluding carboxylic acids is 1. The molecule has 1 aliphatic carbocycles. The Bertz CT molecular complexity index is 1280. The molecule has 5 rings (SSSR count). The second-order valence-electron chi connectivity index (χ2n) is 11.3. The van der Waals surface area contributed by atoms with Gasteiger partial charge < -0.3 is 29.6 Å². The normalized spacial score (nSPS) is 18.8. The van der Waals surface area contributed by atoms with Crippen LogP contribution in [0.15, 0.2) is 72.8 Å². The SMILES string of the molecule is CC1(C)OB(c2cccc(C(O)C(O)CCNC(=O)OCC3c4ccccc4-c4ccccc43)c2)OC1(C)C. The van der Waals surface area contributed by atoms with E-state index in [1.807, 2.05) is 58.0 Å². The molecule has 0 saturated carbocycles. The van der Waals surface area contributed by atoms with Gasteiger partial charge >= 0.3 is 13.2 Å². The van der Waals surface area contributed by atoms with E-state index in [-0.39, 0.29) is 25.5 Å². The highest BCUT2D eigenvalue weighted by molar-refractivity contribution is 6.62. The van der Waals surface area contributed by atoms with Crippen LogP contribution >= 0.6 is 0 Å². The second kappa shape index (κ2) is 10.8. The van der Waals surface area contributed by atoms with Crippen LogP contribution in [-0.2, 0) is 14.0 Å². The number of nitrogens with one attached hydrogen (secondary N) is 1. The van der Waals surface area contributed by atoms with Gasteiger partial charge in [-0.2, -0.15) is 0 Å². The van der Waals surface area contributed by atoms with Crippen LogP contribution in [0.3, 0.4) is 0 Å². The van der Waals surface area contributed by atoms with E-state index in [1.54, 1.807) is 18.2 Å². The maximum Gasteiger partial charge on any atom is 0.494 e. The van der Waals surface area contributed by atoms with E-state index >= 15 is 0 Å². The first-order chi connectivity index (χ1) is 18.6. The predicted octanol–water partition coefficient (Wildman–Crippen LogP) is 4.31. The summed E-state index contributed by atoms with van der Waals surface area (Å²) in [5.41, 5.74) is 5.00. The van der Waals surface area contributed by atoms with Crippen LogP contribution in [0.5, 0.6) is 0 Å². The third kappa shape index (κ3) is 5.47. The number of alkyl carbamates (subject to hydrolysis) is 1. The van der Waals surface area contributed by atoms with Crippen LogP contribution in [-0.4, -0.2) is 53.9 Å². The van der Waals surface area contributed by atoms with Gasteiger partial charge in [0.2, 0.25) is 0 Å². The Labute approximate surface area is 230 Å². The summed E-state index contributed by atoms with van der Waals surface area (Å²) in [7, 11) is -0.561. The molecule has 1 amide bonds. The fourth-order valence-corrected chi connectivity index (χ4v) is 5.22. The Kier molecular flexibility index (Phi) is 7.57. The largest absolute Gasteiger partial charge is 0.494 e. The highest BCUT2D eigenvalue weighted by Gasteiger charge is 2.51. The lowest BCUT2D eigenvalue weighted by atomic mass is 9.78. The Morgan fingerprint density at radius 2 is 1.51 bits per heavy atom. The zero-order valence-corrected chi connectivity index (χ0v) is 22.9. The van der Waals surface area contributed by atoms with E-state index < -0.39 is 36.6 Å². The summed E-state index contributed by atoms with van der Waals surface area (Å²) >= 11 is 0. The van der Waals surface area contributed by atoms with Gasteiger partial charge in [0, 0.05) is 12.5 Å². The van der Waals surface area contributed by atoms with Crippen LogP contribution in [0.2, 0.25) is 0 Å². The molecule has 7 nitrogen and oxygen atoms in total. The van der Waals surface area contributed by atoms with Crippen molar-refractivity contribution in [2.24, 2.45) is 0 Å². The zero-order valence-electron chi connectivity index (χ0n) is 22.9. The van der Waals surface area contributed by atoms with E-state index in [2.05, 4.69) is 29.6 Å². The summed E-state index contributed by atoms with van der Waals surface area (Å²) in [6, 6.07) is 23.6. The van der Waals surface area contributed by atoms with Gasteiger partial charge in [-0.15, -0.1) is 0 Å². The average molecular weight is 529 g/mol. The lowest BCUT2D eigenvalue weighted by molar-refractivity contribution is 0.00578. The van der Waals surface area contributed by atoms with Gasteiger partial charge in [-0.3, -0.25) is 0 Å². The lowest BCUT2D eigenvalue weighted by Gasteiger charge is -2.32. The van der Waals surface area contributed by atoms with E-state index in [0.29, 0.717) is 5.56 Å². The van der Waals surface area contributed by atoms with Gasteiger partial charge in [0.1, 0.15) is 12.7 Å². The van der Waals surface area contributed by atoms with Crippen molar-refractivity contribution >= 4 is 18.7 Å². The minimum atomic E-state index is -1.13. The third-order valence-electron chi connectivity index (χ3n) is 8.20. The quantitative estimate of drug-likeness (QED) is 0.377. The van der Waals surface area contributed by atoms with E-state index in [0.717, 1.165) is 16.6 Å². The van der Waals surface area contributed by atoms with Crippen molar-refractivity contribution in [2.75, 3.05) is 13.2 Å². The number of rotatable bonds is 8. The molecule has 1 heterocycles. The van der Waals surface area contributed by atoms with E-state index in [9.17, 15) is 15.0 Å². The monoisotopic (exact) mass is 529 g/mol. The first-order valence-electron chi connectivity index (χ1n) is 13.5. The third-order valence-corrected chi connectivity index (χ3v) is 8.20. The first kappa shape index (κ1) is 27.4. The first-order valence-corrected chi connectivity index (χ1v) is 13.5. The van der Waals surface area contributed by atoms with Gasteiger partial charge in [0.15, 0.2) is 0 Å². The Hall–Kier alpha value is -3.17. The Morgan fingerprint density at radius 1 is 0.923 bits per heavy atom. The van der Waals surface area contributed by atoms with Gasteiger partial charge in [-0.05, 0) is 67.4 Å². The molecule has 3 aromatic rings. The number of ether oxygens (including phenoxy) is 1. The molecule has 204 valence electrons. The molecule has 0 radical (unpaired) electrons. The maximum atomic E-state index is 12.4. The number of aliphatic hydroxyl groups excluding tert-OH is 2. The Morgan fingerprint density at radius 3 is 2.13 bits per heavy atom. The number of aliphatic hydroxyl groups is 2. The molecule has 0 bridgehead atoms. The summed E-state index contributed by atoms with van der Waals surface area (Å²) in [6.07, 6.45) is -2.60. The number of hydrogen-bond acceptors (Lipinski definition) is 6.